The maximum Gasteiger partial charge on any atom is 0.373 e. The van der Waals surface area contributed by atoms with Crippen LogP contribution in [0, 0.1) is 10.8 Å². The molecule has 11 heteroatoms. The maximum absolute atomic E-state index is 11.8. The molecular weight excluding hydrogens is 592 g/mol. The monoisotopic (exact) mass is 638 g/mol. The molecule has 1 unspecified atom stereocenters. The smallest absolute Gasteiger partial charge is 0.373 e. The molecule has 8 nitrogen and oxygen atoms in total. The predicted molar refractivity (Wildman–Crippen MR) is 145 cm³/mol. The summed E-state index contributed by atoms with van der Waals surface area (Å²) >= 11 is 0. The Kier molecular flexibility index (Phi) is 47.3. The number of hydrogen-bond donors (Lipinski definition) is 0. The Hall–Kier alpha value is -1.68. The molecule has 0 radical (unpaired) electrons. The van der Waals surface area contributed by atoms with E-state index in [4.69, 9.17) is 28.7 Å². The predicted octanol–water partition coefficient (Wildman–Crippen LogP) is 5.03. The van der Waals surface area contributed by atoms with E-state index in [1.807, 2.05) is 27.7 Å². The van der Waals surface area contributed by atoms with Crippen molar-refractivity contribution >= 4 is 47.6 Å². The second-order valence-corrected chi connectivity index (χ2v) is 6.74. The number of ether oxygens (including phenoxy) is 2. The number of carbonyl (C=O) groups is 2. The molecular formula is C25H45O8PRuS. The van der Waals surface area contributed by atoms with Crippen LogP contribution >= 0.6 is 23.4 Å². The third-order valence-corrected chi connectivity index (χ3v) is 5.02. The fourth-order valence-corrected chi connectivity index (χ4v) is 3.10. The van der Waals surface area contributed by atoms with E-state index in [2.05, 4.69) is 25.3 Å². The maximum atomic E-state index is 11.8. The number of rotatable bonds is 10. The molecule has 1 aliphatic rings. The zero-order valence-corrected chi connectivity index (χ0v) is 25.4. The van der Waals surface area contributed by atoms with Crippen LogP contribution in [0.4, 0.5) is 0 Å². The van der Waals surface area contributed by atoms with Crippen molar-refractivity contribution in [3.63, 3.8) is 0 Å². The Balaban J connectivity index is -0.0000000703. The summed E-state index contributed by atoms with van der Waals surface area (Å²) in [7, 11) is 0. The van der Waals surface area contributed by atoms with Crippen LogP contribution in [0.2, 0.25) is 0 Å². The van der Waals surface area contributed by atoms with Gasteiger partial charge < -0.3 is 9.47 Å². The van der Waals surface area contributed by atoms with Crippen LogP contribution in [0.25, 0.3) is 0 Å². The Morgan fingerprint density at radius 3 is 1.53 bits per heavy atom. The van der Waals surface area contributed by atoms with Crippen LogP contribution in [0.1, 0.15) is 73.6 Å². The van der Waals surface area contributed by atoms with E-state index in [1.54, 1.807) is 12.2 Å². The molecule has 0 N–H and O–H groups in total. The first-order valence-corrected chi connectivity index (χ1v) is 10.4. The number of carbonyl (C=O) groups excluding carboxylic acids is 6. The summed E-state index contributed by atoms with van der Waals surface area (Å²) in [5, 5.41) is 0. The first kappa shape index (κ1) is 51.1. The van der Waals surface area contributed by atoms with Gasteiger partial charge in [-0.05, 0) is 52.4 Å². The minimum absolute atomic E-state index is 0. The van der Waals surface area contributed by atoms with Crippen LogP contribution in [-0.2, 0) is 57.7 Å². The Bertz CT molecular complexity index is 641. The van der Waals surface area contributed by atoms with Crippen molar-refractivity contribution in [1.82, 2.24) is 0 Å². The summed E-state index contributed by atoms with van der Waals surface area (Å²) in [6.07, 6.45) is 12.8. The second kappa shape index (κ2) is 33.3. The van der Waals surface area contributed by atoms with Crippen LogP contribution in [0.3, 0.4) is 0 Å². The molecule has 0 saturated heterocycles. The molecule has 0 heterocycles. The molecule has 1 rings (SSSR count). The van der Waals surface area contributed by atoms with Gasteiger partial charge in [-0.1, -0.05) is 45.6 Å². The molecule has 0 fully saturated rings. The average molecular weight is 638 g/mol. The van der Waals surface area contributed by atoms with Gasteiger partial charge in [0.2, 0.25) is 0 Å². The van der Waals surface area contributed by atoms with Crippen molar-refractivity contribution in [2.24, 2.45) is 10.8 Å². The summed E-state index contributed by atoms with van der Waals surface area (Å²) in [6.45, 7) is 16.0. The Morgan fingerprint density at radius 1 is 0.917 bits per heavy atom. The molecule has 0 saturated carbocycles. The van der Waals surface area contributed by atoms with Crippen LogP contribution in [-0.4, -0.2) is 37.5 Å². The standard InChI is InChI=1S/C12H20O2.C10H16O2.2CO2.CH4.H3P.Ru.H2S/c1-5-9-12(7-3,10-6-2)11(13)14-8-4;1-3-10(7-5-6-8-10)9(11)12-4-2;2*2-1-3;;;;/h5-6H,1-2,7-10H2,3-4H3;5-6H,3-4,7-8H2,1-2H3;;;1H4;1H3;;1H2. The van der Waals surface area contributed by atoms with E-state index in [9.17, 15) is 9.59 Å². The summed E-state index contributed by atoms with van der Waals surface area (Å²) in [5.74, 6) is -0.167. The van der Waals surface area contributed by atoms with Gasteiger partial charge in [-0.2, -0.15) is 42.6 Å². The van der Waals surface area contributed by atoms with E-state index in [0.717, 1.165) is 25.7 Å². The van der Waals surface area contributed by atoms with E-state index < -0.39 is 5.41 Å². The summed E-state index contributed by atoms with van der Waals surface area (Å²) in [4.78, 5) is 55.8. The molecule has 0 amide bonds. The molecule has 0 aromatic heterocycles. The van der Waals surface area contributed by atoms with Gasteiger partial charge in [0.05, 0.1) is 24.0 Å². The summed E-state index contributed by atoms with van der Waals surface area (Å²) < 4.78 is 10.1. The minimum atomic E-state index is -0.445. The third-order valence-electron chi connectivity index (χ3n) is 5.02. The Morgan fingerprint density at radius 2 is 1.28 bits per heavy atom. The van der Waals surface area contributed by atoms with Gasteiger partial charge in [-0.15, -0.1) is 13.2 Å². The molecule has 0 aromatic rings. The van der Waals surface area contributed by atoms with Crippen molar-refractivity contribution in [2.45, 2.75) is 73.6 Å². The normalized spacial score (nSPS) is 11.1. The number of allylic oxidation sites excluding steroid dienone is 4. The number of hydrogen-bond acceptors (Lipinski definition) is 8. The molecule has 36 heavy (non-hydrogen) atoms. The van der Waals surface area contributed by atoms with Crippen LogP contribution < -0.4 is 0 Å². The number of esters is 2. The van der Waals surface area contributed by atoms with Gasteiger partial charge in [0.25, 0.3) is 0 Å². The van der Waals surface area contributed by atoms with Gasteiger partial charge >= 0.3 is 24.2 Å². The third kappa shape index (κ3) is 20.5. The van der Waals surface area contributed by atoms with Gasteiger partial charge in [-0.25, -0.2) is 0 Å². The van der Waals surface area contributed by atoms with Crippen molar-refractivity contribution in [3.05, 3.63) is 37.5 Å². The quantitative estimate of drug-likeness (QED) is 0.142. The van der Waals surface area contributed by atoms with Gasteiger partial charge in [0.1, 0.15) is 0 Å². The molecule has 0 aliphatic heterocycles. The summed E-state index contributed by atoms with van der Waals surface area (Å²) in [5.41, 5.74) is -0.671. The van der Waals surface area contributed by atoms with Crippen molar-refractivity contribution in [1.29, 1.82) is 0 Å². The van der Waals surface area contributed by atoms with Crippen molar-refractivity contribution in [2.75, 3.05) is 13.2 Å². The molecule has 212 valence electrons. The van der Waals surface area contributed by atoms with Gasteiger partial charge in [-0.3, -0.25) is 9.59 Å². The average Bonchev–Trinajstić information content (AvgIpc) is 3.26. The SMILES string of the molecule is C.C=CCC(CC)(CC=C)C(=O)OCC.CCOC(=O)C1(CC)CC=CC1.O=C=O.O=C=O.P.S.[Ru]. The molecule has 0 spiro atoms. The van der Waals surface area contributed by atoms with Crippen molar-refractivity contribution in [3.8, 4) is 0 Å². The zero-order valence-electron chi connectivity index (χ0n) is 21.2. The largest absolute Gasteiger partial charge is 0.466 e. The summed E-state index contributed by atoms with van der Waals surface area (Å²) in [6, 6.07) is 0. The van der Waals surface area contributed by atoms with Gasteiger partial charge in [0, 0.05) is 19.5 Å². The molecule has 1 aliphatic carbocycles. The van der Waals surface area contributed by atoms with E-state index in [-0.39, 0.29) is 80.0 Å². The van der Waals surface area contributed by atoms with E-state index >= 15 is 0 Å². The zero-order chi connectivity index (χ0) is 25.5. The second-order valence-electron chi connectivity index (χ2n) is 6.74. The minimum Gasteiger partial charge on any atom is -0.466 e. The topological polar surface area (TPSA) is 121 Å². The first-order valence-electron chi connectivity index (χ1n) is 10.4. The first-order chi connectivity index (χ1) is 15.2. The van der Waals surface area contributed by atoms with Crippen molar-refractivity contribution < 1.29 is 57.7 Å². The van der Waals surface area contributed by atoms with E-state index in [1.165, 1.54) is 0 Å². The fourth-order valence-electron chi connectivity index (χ4n) is 3.10. The van der Waals surface area contributed by atoms with Crippen LogP contribution in [0.5, 0.6) is 0 Å². The van der Waals surface area contributed by atoms with Crippen LogP contribution in [0.15, 0.2) is 37.5 Å². The molecule has 0 bridgehead atoms. The van der Waals surface area contributed by atoms with Gasteiger partial charge in [0.15, 0.2) is 0 Å². The van der Waals surface area contributed by atoms with E-state index in [0.29, 0.717) is 26.1 Å². The Labute approximate surface area is 239 Å². The molecule has 0 aromatic carbocycles. The fraction of sp³-hybridized carbons (Fsp3) is 0.600. The molecule has 1 atom stereocenters.